The van der Waals surface area contributed by atoms with E-state index in [1.807, 2.05) is 13.0 Å². The number of piperidine rings is 1. The number of ketones is 1. The molecule has 4 rings (SSSR count). The van der Waals surface area contributed by atoms with Gasteiger partial charge in [0.05, 0.1) is 18.0 Å². The SMILES string of the molecule is Cc1cc(C(=O)O)cc(CC(=O)[C@H]2CCC(=O)N2C2CCN(Cc3ccc(Cl)c(C)c3)CC2)n1. The number of Topliss-reactive ketones (excluding diaryl/α,β-unsaturated/α-hetero) is 1. The molecule has 1 amide bonds. The van der Waals surface area contributed by atoms with Crippen molar-refractivity contribution in [3.05, 3.63) is 63.4 Å². The van der Waals surface area contributed by atoms with Gasteiger partial charge in [-0.1, -0.05) is 23.7 Å². The zero-order chi connectivity index (χ0) is 24.4. The molecule has 7 nitrogen and oxygen atoms in total. The monoisotopic (exact) mass is 483 g/mol. The molecule has 0 radical (unpaired) electrons. The van der Waals surface area contributed by atoms with E-state index < -0.39 is 12.0 Å². The zero-order valence-electron chi connectivity index (χ0n) is 19.6. The molecule has 2 aliphatic rings. The van der Waals surface area contributed by atoms with Crippen molar-refractivity contribution >= 4 is 29.3 Å². The summed E-state index contributed by atoms with van der Waals surface area (Å²) in [7, 11) is 0. The van der Waals surface area contributed by atoms with Crippen LogP contribution in [0.2, 0.25) is 5.02 Å². The number of carbonyl (C=O) groups is 3. The molecule has 0 spiro atoms. The summed E-state index contributed by atoms with van der Waals surface area (Å²) < 4.78 is 0. The Morgan fingerprint density at radius 1 is 1.12 bits per heavy atom. The number of carboxylic acid groups (broad SMARTS) is 1. The second-order valence-electron chi connectivity index (χ2n) is 9.38. The van der Waals surface area contributed by atoms with Crippen molar-refractivity contribution in [1.29, 1.82) is 0 Å². The summed E-state index contributed by atoms with van der Waals surface area (Å²) in [5.74, 6) is -1.08. The number of rotatable bonds is 7. The molecule has 180 valence electrons. The number of pyridine rings is 1. The highest BCUT2D eigenvalue weighted by Crippen LogP contribution is 2.29. The summed E-state index contributed by atoms with van der Waals surface area (Å²) in [6.07, 6.45) is 2.58. The summed E-state index contributed by atoms with van der Waals surface area (Å²) in [5.41, 5.74) is 3.41. The van der Waals surface area contributed by atoms with Crippen molar-refractivity contribution in [2.24, 2.45) is 0 Å². The Morgan fingerprint density at radius 2 is 1.85 bits per heavy atom. The van der Waals surface area contributed by atoms with Crippen molar-refractivity contribution in [1.82, 2.24) is 14.8 Å². The van der Waals surface area contributed by atoms with E-state index in [1.165, 1.54) is 17.7 Å². The Hall–Kier alpha value is -2.77. The van der Waals surface area contributed by atoms with Crippen LogP contribution in [0.25, 0.3) is 0 Å². The lowest BCUT2D eigenvalue weighted by molar-refractivity contribution is -0.137. The van der Waals surface area contributed by atoms with Crippen LogP contribution in [0.4, 0.5) is 0 Å². The van der Waals surface area contributed by atoms with E-state index in [0.717, 1.165) is 43.1 Å². The van der Waals surface area contributed by atoms with Crippen molar-refractivity contribution in [2.45, 2.75) is 64.6 Å². The number of aryl methyl sites for hydroxylation is 2. The first-order chi connectivity index (χ1) is 16.2. The molecular formula is C26H30ClN3O4. The number of likely N-dealkylation sites (tertiary alicyclic amines) is 2. The van der Waals surface area contributed by atoms with Gasteiger partial charge in [0.15, 0.2) is 5.78 Å². The summed E-state index contributed by atoms with van der Waals surface area (Å²) in [6.45, 7) is 6.27. The van der Waals surface area contributed by atoms with Crippen LogP contribution in [0, 0.1) is 13.8 Å². The molecule has 0 unspecified atom stereocenters. The number of amides is 1. The minimum absolute atomic E-state index is 0.0329. The molecule has 1 aromatic carbocycles. The molecule has 2 saturated heterocycles. The highest BCUT2D eigenvalue weighted by molar-refractivity contribution is 6.31. The van der Waals surface area contributed by atoms with Crippen LogP contribution in [0.1, 0.15) is 58.6 Å². The number of carbonyl (C=O) groups excluding carboxylic acids is 2. The highest BCUT2D eigenvalue weighted by Gasteiger charge is 2.40. The lowest BCUT2D eigenvalue weighted by atomic mass is 9.98. The average molecular weight is 484 g/mol. The molecule has 0 bridgehead atoms. The number of hydrogen-bond acceptors (Lipinski definition) is 5. The fourth-order valence-electron chi connectivity index (χ4n) is 5.14. The standard InChI is InChI=1S/C26H30ClN3O4/c1-16-11-18(3-4-22(16)27)15-29-9-7-21(8-10-29)30-23(5-6-25(30)32)24(31)14-20-13-19(26(33)34)12-17(2)28-20/h3-4,11-13,21,23H,5-10,14-15H2,1-2H3,(H,33,34)/t23-/m1/s1. The van der Waals surface area contributed by atoms with Gasteiger partial charge in [0.25, 0.3) is 0 Å². The molecule has 0 saturated carbocycles. The fourth-order valence-corrected chi connectivity index (χ4v) is 5.26. The summed E-state index contributed by atoms with van der Waals surface area (Å²) in [6, 6.07) is 8.62. The Kier molecular flexibility index (Phi) is 7.33. The van der Waals surface area contributed by atoms with E-state index in [-0.39, 0.29) is 29.7 Å². The molecule has 2 aliphatic heterocycles. The van der Waals surface area contributed by atoms with Crippen molar-refractivity contribution < 1.29 is 19.5 Å². The van der Waals surface area contributed by atoms with Gasteiger partial charge in [-0.25, -0.2) is 4.79 Å². The van der Waals surface area contributed by atoms with Crippen LogP contribution in [-0.2, 0) is 22.6 Å². The average Bonchev–Trinajstić information content (AvgIpc) is 3.18. The molecule has 2 aromatic rings. The molecule has 0 aliphatic carbocycles. The van der Waals surface area contributed by atoms with Gasteiger partial charge < -0.3 is 10.0 Å². The van der Waals surface area contributed by atoms with Gasteiger partial charge in [0.1, 0.15) is 0 Å². The Balaban J connectivity index is 1.39. The van der Waals surface area contributed by atoms with Crippen LogP contribution in [0.5, 0.6) is 0 Å². The third-order valence-corrected chi connectivity index (χ3v) is 7.24. The molecule has 2 fully saturated rings. The molecule has 34 heavy (non-hydrogen) atoms. The smallest absolute Gasteiger partial charge is 0.335 e. The first kappa shape index (κ1) is 24.4. The normalized spacial score (nSPS) is 19.6. The molecule has 1 atom stereocenters. The van der Waals surface area contributed by atoms with Crippen LogP contribution in [0.15, 0.2) is 30.3 Å². The molecule has 8 heteroatoms. The largest absolute Gasteiger partial charge is 0.478 e. The van der Waals surface area contributed by atoms with Gasteiger partial charge in [0, 0.05) is 48.5 Å². The molecular weight excluding hydrogens is 454 g/mol. The highest BCUT2D eigenvalue weighted by atomic mass is 35.5. The second kappa shape index (κ2) is 10.2. The maximum Gasteiger partial charge on any atom is 0.335 e. The lowest BCUT2D eigenvalue weighted by Gasteiger charge is -2.39. The predicted molar refractivity (Wildman–Crippen MR) is 129 cm³/mol. The van der Waals surface area contributed by atoms with Crippen molar-refractivity contribution in [3.63, 3.8) is 0 Å². The number of hydrogen-bond donors (Lipinski definition) is 1. The molecule has 1 aromatic heterocycles. The fraction of sp³-hybridized carbons (Fsp3) is 0.462. The van der Waals surface area contributed by atoms with E-state index in [1.54, 1.807) is 11.8 Å². The van der Waals surface area contributed by atoms with Crippen LogP contribution in [0.3, 0.4) is 0 Å². The first-order valence-electron chi connectivity index (χ1n) is 11.7. The quantitative estimate of drug-likeness (QED) is 0.643. The maximum absolute atomic E-state index is 13.2. The van der Waals surface area contributed by atoms with E-state index in [0.29, 0.717) is 24.2 Å². The second-order valence-corrected chi connectivity index (χ2v) is 9.79. The van der Waals surface area contributed by atoms with E-state index in [9.17, 15) is 19.5 Å². The topological polar surface area (TPSA) is 90.8 Å². The maximum atomic E-state index is 13.2. The third kappa shape index (κ3) is 5.47. The summed E-state index contributed by atoms with van der Waals surface area (Å²) in [5, 5.41) is 10.1. The minimum atomic E-state index is -1.04. The zero-order valence-corrected chi connectivity index (χ0v) is 20.3. The van der Waals surface area contributed by atoms with Gasteiger partial charge >= 0.3 is 5.97 Å². The van der Waals surface area contributed by atoms with E-state index in [2.05, 4.69) is 22.0 Å². The Morgan fingerprint density at radius 3 is 2.53 bits per heavy atom. The van der Waals surface area contributed by atoms with Gasteiger partial charge in [-0.05, 0) is 62.4 Å². The van der Waals surface area contributed by atoms with Gasteiger partial charge in [-0.2, -0.15) is 0 Å². The van der Waals surface area contributed by atoms with Crippen LogP contribution in [-0.4, -0.2) is 62.7 Å². The number of nitrogens with zero attached hydrogens (tertiary/aromatic N) is 3. The van der Waals surface area contributed by atoms with Crippen LogP contribution >= 0.6 is 11.6 Å². The van der Waals surface area contributed by atoms with Gasteiger partial charge in [-0.3, -0.25) is 19.5 Å². The Labute approximate surface area is 204 Å². The van der Waals surface area contributed by atoms with Crippen molar-refractivity contribution in [2.75, 3.05) is 13.1 Å². The van der Waals surface area contributed by atoms with Crippen LogP contribution < -0.4 is 0 Å². The Bertz CT molecular complexity index is 1110. The van der Waals surface area contributed by atoms with Crippen molar-refractivity contribution in [3.8, 4) is 0 Å². The number of benzene rings is 1. The van der Waals surface area contributed by atoms with E-state index in [4.69, 9.17) is 11.6 Å². The molecule has 3 heterocycles. The first-order valence-corrected chi connectivity index (χ1v) is 12.1. The van der Waals surface area contributed by atoms with Gasteiger partial charge in [0.2, 0.25) is 5.91 Å². The van der Waals surface area contributed by atoms with E-state index >= 15 is 0 Å². The van der Waals surface area contributed by atoms with Gasteiger partial charge in [-0.15, -0.1) is 0 Å². The number of halogens is 1. The third-order valence-electron chi connectivity index (χ3n) is 6.81. The summed E-state index contributed by atoms with van der Waals surface area (Å²) >= 11 is 6.14. The predicted octanol–water partition coefficient (Wildman–Crippen LogP) is 3.82. The number of aromatic carboxylic acids is 1. The molecule has 1 N–H and O–H groups in total. The summed E-state index contributed by atoms with van der Waals surface area (Å²) in [4.78, 5) is 45.8. The minimum Gasteiger partial charge on any atom is -0.478 e. The lowest BCUT2D eigenvalue weighted by Crippen LogP contribution is -2.50. The number of aromatic nitrogens is 1. The number of carboxylic acids is 1.